The summed E-state index contributed by atoms with van der Waals surface area (Å²) in [6, 6.07) is 0. The highest BCUT2D eigenvalue weighted by atomic mass is 32.3. The fraction of sp³-hybridized carbons (Fsp3) is 0.667. The highest BCUT2D eigenvalue weighted by molar-refractivity contribution is 7.82. The molecule has 0 spiro atoms. The minimum Gasteiger partial charge on any atom is -0.388 e. The Balaban J connectivity index is 2.70. The van der Waals surface area contributed by atoms with Crippen LogP contribution < -0.4 is 0 Å². The second kappa shape index (κ2) is 2.22. The van der Waals surface area contributed by atoms with Gasteiger partial charge in [-0.2, -0.15) is 16.8 Å². The van der Waals surface area contributed by atoms with Crippen molar-refractivity contribution in [2.45, 2.75) is 5.97 Å². The first-order valence-corrected chi connectivity index (χ1v) is 3.76. The Morgan fingerprint density at radius 2 is 1.91 bits per heavy atom. The van der Waals surface area contributed by atoms with Crippen LogP contribution in [0.4, 0.5) is 0 Å². The van der Waals surface area contributed by atoms with E-state index < -0.39 is 28.8 Å². The Morgan fingerprint density at radius 1 is 1.45 bits per heavy atom. The number of aliphatic hydroxyl groups is 2. The molecule has 1 aliphatic heterocycles. The highest BCUT2D eigenvalue weighted by Gasteiger charge is 2.57. The van der Waals surface area contributed by atoms with Crippen LogP contribution in [0.15, 0.2) is 0 Å². The van der Waals surface area contributed by atoms with E-state index in [1.54, 1.807) is 0 Å². The average molecular weight is 184 g/mol. The molecule has 0 radical (unpaired) electrons. The Bertz CT molecular complexity index is 264. The van der Waals surface area contributed by atoms with Crippen LogP contribution in [0.25, 0.3) is 0 Å². The van der Waals surface area contributed by atoms with Gasteiger partial charge in [-0.3, -0.25) is 4.79 Å². The summed E-state index contributed by atoms with van der Waals surface area (Å²) in [6.45, 7) is -1.06. The van der Waals surface area contributed by atoms with Gasteiger partial charge >= 0.3 is 16.4 Å². The molecule has 0 aromatic rings. The summed E-state index contributed by atoms with van der Waals surface area (Å²) in [5.41, 5.74) is 0. The Morgan fingerprint density at radius 3 is 2.18 bits per heavy atom. The molecule has 0 atom stereocenters. The lowest BCUT2D eigenvalue weighted by molar-refractivity contribution is -0.301. The van der Waals surface area contributed by atoms with Gasteiger partial charge in [-0.1, -0.05) is 0 Å². The Labute approximate surface area is 61.5 Å². The van der Waals surface area contributed by atoms with Gasteiger partial charge in [-0.15, -0.1) is 0 Å². The van der Waals surface area contributed by atoms with E-state index in [4.69, 9.17) is 10.2 Å². The van der Waals surface area contributed by atoms with E-state index in [2.05, 4.69) is 8.37 Å². The van der Waals surface area contributed by atoms with Gasteiger partial charge in [-0.25, -0.2) is 0 Å². The second-order valence-electron chi connectivity index (χ2n) is 1.74. The molecule has 2 N–H and O–H groups in total. The third kappa shape index (κ3) is 1.39. The first-order valence-electron chi connectivity index (χ1n) is 2.42. The second-order valence-corrected chi connectivity index (χ2v) is 2.89. The molecular formula is C3H4O7S. The van der Waals surface area contributed by atoms with Crippen molar-refractivity contribution in [2.75, 3.05) is 6.61 Å². The molecule has 1 heterocycles. The zero-order valence-electron chi connectivity index (χ0n) is 5.05. The van der Waals surface area contributed by atoms with Crippen molar-refractivity contribution in [1.29, 1.82) is 0 Å². The lowest BCUT2D eigenvalue weighted by Crippen LogP contribution is -2.57. The predicted octanol–water partition coefficient (Wildman–Crippen LogP) is -2.51. The Kier molecular flexibility index (Phi) is 1.73. The fourth-order valence-electron chi connectivity index (χ4n) is 0.476. The van der Waals surface area contributed by atoms with Gasteiger partial charge in [-0.05, 0) is 0 Å². The third-order valence-corrected chi connectivity index (χ3v) is 1.79. The van der Waals surface area contributed by atoms with E-state index in [-0.39, 0.29) is 0 Å². The maximum absolute atomic E-state index is 10.4. The topological polar surface area (TPSA) is 110 Å². The number of carbonyl (C=O) groups is 1. The van der Waals surface area contributed by atoms with Gasteiger partial charge in [0.25, 0.3) is 0 Å². The van der Waals surface area contributed by atoms with Gasteiger partial charge in [0.05, 0.1) is 0 Å². The summed E-state index contributed by atoms with van der Waals surface area (Å²) in [7, 11) is -4.23. The molecule has 0 unspecified atom stereocenters. The average Bonchev–Trinajstić information content (AvgIpc) is 1.81. The van der Waals surface area contributed by atoms with Crippen molar-refractivity contribution in [3.63, 3.8) is 0 Å². The van der Waals surface area contributed by atoms with E-state index in [9.17, 15) is 13.2 Å². The summed E-state index contributed by atoms with van der Waals surface area (Å²) in [6.07, 6.45) is 0. The molecule has 0 aliphatic carbocycles. The van der Waals surface area contributed by atoms with Crippen LogP contribution in [0.3, 0.4) is 0 Å². The number of hydrogen-bond donors (Lipinski definition) is 2. The molecule has 0 aromatic carbocycles. The van der Waals surface area contributed by atoms with E-state index in [1.165, 1.54) is 0 Å². The number of hydrogen-bond acceptors (Lipinski definition) is 7. The van der Waals surface area contributed by atoms with Crippen LogP contribution in [0, 0.1) is 0 Å². The van der Waals surface area contributed by atoms with Crippen LogP contribution in [-0.2, 0) is 23.6 Å². The van der Waals surface area contributed by atoms with Crippen molar-refractivity contribution in [3.05, 3.63) is 0 Å². The minimum absolute atomic E-state index is 1.06. The molecule has 11 heavy (non-hydrogen) atoms. The monoisotopic (exact) mass is 184 g/mol. The smallest absolute Gasteiger partial charge is 0.388 e. The SMILES string of the molecule is O=C(CO)C1(O)OS(=O)(=O)O1. The van der Waals surface area contributed by atoms with Gasteiger partial charge in [0.1, 0.15) is 6.61 Å². The zero-order valence-corrected chi connectivity index (χ0v) is 5.87. The molecule has 0 bridgehead atoms. The van der Waals surface area contributed by atoms with Crippen LogP contribution in [0.2, 0.25) is 0 Å². The van der Waals surface area contributed by atoms with Crippen LogP contribution >= 0.6 is 0 Å². The highest BCUT2D eigenvalue weighted by Crippen LogP contribution is 2.28. The molecule has 0 saturated carbocycles. The molecule has 7 nitrogen and oxygen atoms in total. The summed E-state index contributed by atoms with van der Waals surface area (Å²) in [5, 5.41) is 16.8. The summed E-state index contributed by atoms with van der Waals surface area (Å²) in [5.74, 6) is -4.08. The molecule has 1 rings (SSSR count). The summed E-state index contributed by atoms with van der Waals surface area (Å²) >= 11 is 0. The molecule has 8 heteroatoms. The van der Waals surface area contributed by atoms with Gasteiger partial charge in [0.15, 0.2) is 0 Å². The molecule has 0 aromatic heterocycles. The van der Waals surface area contributed by atoms with Gasteiger partial charge in [0, 0.05) is 0 Å². The summed E-state index contributed by atoms with van der Waals surface area (Å²) < 4.78 is 27.5. The molecule has 1 fully saturated rings. The molecular weight excluding hydrogens is 180 g/mol. The van der Waals surface area contributed by atoms with Crippen molar-refractivity contribution < 1.29 is 31.8 Å². The first-order chi connectivity index (χ1) is 4.90. The van der Waals surface area contributed by atoms with Gasteiger partial charge < -0.3 is 10.2 Å². The molecule has 64 valence electrons. The number of Topliss-reactive ketones (excluding diaryl/α,β-unsaturated/α-hetero) is 1. The van der Waals surface area contributed by atoms with Crippen LogP contribution in [-0.4, -0.2) is 37.0 Å². The van der Waals surface area contributed by atoms with Crippen molar-refractivity contribution in [3.8, 4) is 0 Å². The standard InChI is InChI=1S/C3H4O7S/c4-1-2(5)3(6)9-11(7,8)10-3/h4,6H,1H2. The van der Waals surface area contributed by atoms with E-state index in [0.29, 0.717) is 0 Å². The van der Waals surface area contributed by atoms with E-state index in [0.717, 1.165) is 0 Å². The first kappa shape index (κ1) is 8.56. The van der Waals surface area contributed by atoms with Gasteiger partial charge in [0.2, 0.25) is 5.78 Å². The maximum atomic E-state index is 10.4. The lowest BCUT2D eigenvalue weighted by atomic mass is 10.4. The van der Waals surface area contributed by atoms with E-state index in [1.807, 2.05) is 0 Å². The third-order valence-electron chi connectivity index (χ3n) is 0.926. The predicted molar refractivity (Wildman–Crippen MR) is 28.1 cm³/mol. The quantitative estimate of drug-likeness (QED) is 0.487. The minimum atomic E-state index is -4.23. The summed E-state index contributed by atoms with van der Waals surface area (Å²) in [4.78, 5) is 10.4. The Hall–Kier alpha value is -0.540. The normalized spacial score (nSPS) is 25.6. The van der Waals surface area contributed by atoms with Crippen molar-refractivity contribution >= 4 is 16.2 Å². The zero-order chi connectivity index (χ0) is 8.70. The largest absolute Gasteiger partial charge is 0.409 e. The van der Waals surface area contributed by atoms with Crippen LogP contribution in [0.1, 0.15) is 0 Å². The van der Waals surface area contributed by atoms with Crippen molar-refractivity contribution in [2.24, 2.45) is 0 Å². The fourth-order valence-corrected chi connectivity index (χ4v) is 1.23. The number of carbonyl (C=O) groups excluding carboxylic acids is 1. The van der Waals surface area contributed by atoms with Crippen molar-refractivity contribution in [1.82, 2.24) is 0 Å². The lowest BCUT2D eigenvalue weighted by Gasteiger charge is -2.30. The van der Waals surface area contributed by atoms with E-state index >= 15 is 0 Å². The number of aliphatic hydroxyl groups excluding tert-OH is 1. The number of ketones is 1. The van der Waals surface area contributed by atoms with Crippen LogP contribution in [0.5, 0.6) is 0 Å². The molecule has 0 amide bonds. The molecule has 1 saturated heterocycles. The maximum Gasteiger partial charge on any atom is 0.409 e. The number of rotatable bonds is 2. The molecule has 1 aliphatic rings.